The number of hydrogen-bond acceptors (Lipinski definition) is 3. The van der Waals surface area contributed by atoms with Crippen molar-refractivity contribution in [2.75, 3.05) is 11.1 Å². The molecule has 0 bridgehead atoms. The Labute approximate surface area is 150 Å². The molecule has 3 nitrogen and oxygen atoms in total. The standard InChI is InChI=1S/C19H20N2OS2/c1-2-14-8-10-15(11-9-14)17-12-24-19(20-17)21-18(22)13-23-16-6-4-3-5-7-16/h3-8,10-12,14H,2,9,13H2,1H3,(H,20,21,22)/p+1. The molecule has 2 aromatic rings. The van der Waals surface area contributed by atoms with Gasteiger partial charge in [0.2, 0.25) is 0 Å². The molecule has 0 saturated heterocycles. The zero-order chi connectivity index (χ0) is 16.8. The molecular weight excluding hydrogens is 336 g/mol. The topological polar surface area (TPSA) is 42.0 Å². The molecule has 1 amide bonds. The number of hydrogen-bond donors (Lipinski definition) is 1. The minimum absolute atomic E-state index is 0.000586. The van der Waals surface area contributed by atoms with Crippen molar-refractivity contribution in [1.29, 1.82) is 0 Å². The summed E-state index contributed by atoms with van der Waals surface area (Å²) in [5.74, 6) is 1.09. The molecule has 3 rings (SSSR count). The summed E-state index contributed by atoms with van der Waals surface area (Å²) in [6, 6.07) is 10.0. The van der Waals surface area contributed by atoms with E-state index in [1.165, 1.54) is 17.8 Å². The summed E-state index contributed by atoms with van der Waals surface area (Å²) in [4.78, 5) is 17.8. The Morgan fingerprint density at radius 2 is 2.21 bits per heavy atom. The van der Waals surface area contributed by atoms with Crippen LogP contribution in [0.25, 0.3) is 5.57 Å². The van der Waals surface area contributed by atoms with Crippen molar-refractivity contribution in [2.24, 2.45) is 5.92 Å². The van der Waals surface area contributed by atoms with Crippen LogP contribution in [0, 0.1) is 5.92 Å². The smallest absolute Gasteiger partial charge is 0.276 e. The van der Waals surface area contributed by atoms with Gasteiger partial charge in [-0.2, -0.15) is 0 Å². The van der Waals surface area contributed by atoms with E-state index < -0.39 is 0 Å². The Morgan fingerprint density at radius 1 is 1.38 bits per heavy atom. The molecule has 5 heteroatoms. The highest BCUT2D eigenvalue weighted by atomic mass is 32.2. The van der Waals surface area contributed by atoms with Crippen molar-refractivity contribution in [3.63, 3.8) is 0 Å². The lowest BCUT2D eigenvalue weighted by Gasteiger charge is -2.12. The summed E-state index contributed by atoms with van der Waals surface area (Å²) >= 11 is 2.49. The Balaban J connectivity index is 1.53. The van der Waals surface area contributed by atoms with E-state index in [9.17, 15) is 4.79 Å². The average Bonchev–Trinajstić information content (AvgIpc) is 3.09. The Bertz CT molecular complexity index is 750. The van der Waals surface area contributed by atoms with Crippen molar-refractivity contribution in [1.82, 2.24) is 4.98 Å². The summed E-state index contributed by atoms with van der Waals surface area (Å²) in [7, 11) is 0. The van der Waals surface area contributed by atoms with Crippen LogP contribution in [0.5, 0.6) is 0 Å². The first kappa shape index (κ1) is 17.0. The Kier molecular flexibility index (Phi) is 5.88. The monoisotopic (exact) mass is 357 g/mol. The fourth-order valence-electron chi connectivity index (χ4n) is 2.48. The van der Waals surface area contributed by atoms with E-state index >= 15 is 0 Å². The lowest BCUT2D eigenvalue weighted by molar-refractivity contribution is -0.113. The number of nitrogens with one attached hydrogen (secondary N) is 1. The van der Waals surface area contributed by atoms with Crippen LogP contribution >= 0.6 is 11.3 Å². The maximum absolute atomic E-state index is 12.1. The number of thiol groups is 1. The van der Waals surface area contributed by atoms with Crippen molar-refractivity contribution < 1.29 is 4.79 Å². The third kappa shape index (κ3) is 4.58. The number of benzene rings is 1. The van der Waals surface area contributed by atoms with Crippen molar-refractivity contribution in [2.45, 2.75) is 24.7 Å². The van der Waals surface area contributed by atoms with Crippen LogP contribution in [0.3, 0.4) is 0 Å². The molecule has 0 saturated carbocycles. The third-order valence-electron chi connectivity index (χ3n) is 3.92. The van der Waals surface area contributed by atoms with Gasteiger partial charge in [-0.05, 0) is 36.5 Å². The molecule has 24 heavy (non-hydrogen) atoms. The predicted molar refractivity (Wildman–Crippen MR) is 105 cm³/mol. The van der Waals surface area contributed by atoms with Gasteiger partial charge in [0.05, 0.1) is 5.69 Å². The molecule has 1 unspecified atom stereocenters. The van der Waals surface area contributed by atoms with Crippen LogP contribution < -0.4 is 5.32 Å². The van der Waals surface area contributed by atoms with Gasteiger partial charge in [0.15, 0.2) is 15.8 Å². The largest absolute Gasteiger partial charge is 0.298 e. The van der Waals surface area contributed by atoms with E-state index in [0.29, 0.717) is 16.8 Å². The van der Waals surface area contributed by atoms with E-state index in [4.69, 9.17) is 0 Å². The number of aromatic nitrogens is 1. The normalized spacial score (nSPS) is 16.7. The number of nitrogens with zero attached hydrogens (tertiary/aromatic N) is 1. The molecule has 124 valence electrons. The van der Waals surface area contributed by atoms with Gasteiger partial charge in [-0.15, -0.1) is 11.3 Å². The molecular formula is C19H21N2OS2+. The number of thiazole rings is 1. The molecule has 0 aliphatic heterocycles. The average molecular weight is 358 g/mol. The molecule has 1 aliphatic rings. The van der Waals surface area contributed by atoms with Crippen LogP contribution in [0.2, 0.25) is 0 Å². The predicted octanol–water partition coefficient (Wildman–Crippen LogP) is 4.33. The van der Waals surface area contributed by atoms with Crippen molar-refractivity contribution in [3.8, 4) is 0 Å². The summed E-state index contributed by atoms with van der Waals surface area (Å²) in [6.07, 6.45) is 8.87. The fraction of sp³-hybridized carbons (Fsp3) is 0.263. The number of anilines is 1. The molecule has 1 atom stereocenters. The first-order valence-corrected chi connectivity index (χ1v) is 10.1. The zero-order valence-electron chi connectivity index (χ0n) is 13.6. The summed E-state index contributed by atoms with van der Waals surface area (Å²) < 4.78 is 0. The molecule has 1 N–H and O–H groups in total. The van der Waals surface area contributed by atoms with E-state index in [1.54, 1.807) is 0 Å². The van der Waals surface area contributed by atoms with Gasteiger partial charge in [0, 0.05) is 17.1 Å². The second kappa shape index (κ2) is 8.31. The highest BCUT2D eigenvalue weighted by molar-refractivity contribution is 7.79. The van der Waals surface area contributed by atoms with Crippen LogP contribution in [-0.4, -0.2) is 16.6 Å². The van der Waals surface area contributed by atoms with Gasteiger partial charge in [-0.1, -0.05) is 43.4 Å². The molecule has 1 aromatic heterocycles. The first-order chi connectivity index (χ1) is 11.7. The van der Waals surface area contributed by atoms with Crippen LogP contribution in [0.15, 0.2) is 58.8 Å². The SMILES string of the molecule is CCC1C=CC(c2csc(NC(=O)C[SH+]c3ccccc3)n2)=CC1. The molecule has 0 spiro atoms. The number of carbonyl (C=O) groups is 1. The molecule has 0 fully saturated rings. The number of carbonyl (C=O) groups excluding carboxylic acids is 1. The van der Waals surface area contributed by atoms with Gasteiger partial charge in [-0.25, -0.2) is 4.98 Å². The van der Waals surface area contributed by atoms with Crippen molar-refractivity contribution in [3.05, 3.63) is 59.6 Å². The second-order valence-electron chi connectivity index (χ2n) is 5.66. The van der Waals surface area contributed by atoms with Crippen molar-refractivity contribution >= 4 is 39.7 Å². The Morgan fingerprint density at radius 3 is 2.92 bits per heavy atom. The number of amides is 1. The second-order valence-corrected chi connectivity index (χ2v) is 7.67. The quantitative estimate of drug-likeness (QED) is 0.618. The Hall–Kier alpha value is -1.85. The summed E-state index contributed by atoms with van der Waals surface area (Å²) in [5.41, 5.74) is 2.10. The van der Waals surface area contributed by atoms with E-state index in [-0.39, 0.29) is 5.91 Å². The number of allylic oxidation sites excluding steroid dienone is 4. The van der Waals surface area contributed by atoms with Gasteiger partial charge >= 0.3 is 0 Å². The molecule has 1 aromatic carbocycles. The third-order valence-corrected chi connectivity index (χ3v) is 5.79. The highest BCUT2D eigenvalue weighted by Crippen LogP contribution is 2.28. The van der Waals surface area contributed by atoms with Crippen LogP contribution in [0.1, 0.15) is 25.5 Å². The van der Waals surface area contributed by atoms with Crippen LogP contribution in [0.4, 0.5) is 5.13 Å². The first-order valence-electron chi connectivity index (χ1n) is 8.11. The summed E-state index contributed by atoms with van der Waals surface area (Å²) in [6.45, 7) is 2.21. The molecule has 0 radical (unpaired) electrons. The van der Waals surface area contributed by atoms with Crippen LogP contribution in [-0.2, 0) is 16.6 Å². The lowest BCUT2D eigenvalue weighted by atomic mass is 9.94. The number of rotatable bonds is 6. The van der Waals surface area contributed by atoms with Gasteiger partial charge in [0.1, 0.15) is 0 Å². The van der Waals surface area contributed by atoms with E-state index in [0.717, 1.165) is 34.3 Å². The summed E-state index contributed by atoms with van der Waals surface area (Å²) in [5, 5.41) is 5.58. The lowest BCUT2D eigenvalue weighted by Crippen LogP contribution is -2.17. The minimum Gasteiger partial charge on any atom is -0.298 e. The molecule has 1 aliphatic carbocycles. The maximum Gasteiger partial charge on any atom is 0.276 e. The highest BCUT2D eigenvalue weighted by Gasteiger charge is 2.14. The van der Waals surface area contributed by atoms with E-state index in [1.807, 2.05) is 35.7 Å². The van der Waals surface area contributed by atoms with Gasteiger partial charge < -0.3 is 0 Å². The fourth-order valence-corrected chi connectivity index (χ4v) is 4.00. The zero-order valence-corrected chi connectivity index (χ0v) is 15.3. The van der Waals surface area contributed by atoms with E-state index in [2.05, 4.69) is 35.5 Å². The minimum atomic E-state index is 0.000586. The molecule has 1 heterocycles. The maximum atomic E-state index is 12.1. The van der Waals surface area contributed by atoms with Gasteiger partial charge in [0.25, 0.3) is 5.91 Å². The van der Waals surface area contributed by atoms with Gasteiger partial charge in [-0.3, -0.25) is 10.1 Å².